The number of nitrogens with two attached hydrogens (primary N) is 3. The SMILES string of the molecule is Nc1ccccc1C(=O)[O][Ti](=[O])([O]C(=O)c1ccccc1N)[C](=O)c1ccccc1N. The molecule has 0 aliphatic carbocycles. The second kappa shape index (κ2) is 8.91. The Bertz CT molecular complexity index is 1160. The molecule has 3 rings (SSSR count). The van der Waals surface area contributed by atoms with Crippen LogP contribution in [0.3, 0.4) is 0 Å². The summed E-state index contributed by atoms with van der Waals surface area (Å²) in [5.74, 6) is -2.35. The first kappa shape index (κ1) is 21.9. The second-order valence-electron chi connectivity index (χ2n) is 6.43. The van der Waals surface area contributed by atoms with Crippen molar-refractivity contribution in [1.82, 2.24) is 0 Å². The Morgan fingerprint density at radius 1 is 0.581 bits per heavy atom. The quantitative estimate of drug-likeness (QED) is 0.373. The predicted octanol–water partition coefficient (Wildman–Crippen LogP) is 2.62. The van der Waals surface area contributed by atoms with Gasteiger partial charge >= 0.3 is 181 Å². The van der Waals surface area contributed by atoms with Crippen molar-refractivity contribution in [2.75, 3.05) is 17.2 Å². The van der Waals surface area contributed by atoms with Crippen LogP contribution in [-0.4, -0.2) is 16.0 Å². The number of para-hydroxylation sites is 3. The first-order chi connectivity index (χ1) is 14.7. The van der Waals surface area contributed by atoms with E-state index in [0.29, 0.717) is 0 Å². The Balaban J connectivity index is 2.02. The van der Waals surface area contributed by atoms with Gasteiger partial charge in [-0.05, 0) is 0 Å². The van der Waals surface area contributed by atoms with E-state index >= 15 is 0 Å². The molecule has 0 bridgehead atoms. The molecule has 0 aliphatic rings. The van der Waals surface area contributed by atoms with Gasteiger partial charge in [0.25, 0.3) is 0 Å². The molecular formula is C21H18N3O6Ti. The molecule has 6 N–H and O–H groups in total. The Morgan fingerprint density at radius 3 is 1.26 bits per heavy atom. The van der Waals surface area contributed by atoms with Gasteiger partial charge in [0.2, 0.25) is 0 Å². The average Bonchev–Trinajstić information content (AvgIpc) is 2.74. The van der Waals surface area contributed by atoms with Crippen molar-refractivity contribution in [3.8, 4) is 0 Å². The van der Waals surface area contributed by atoms with E-state index < -0.39 is 33.4 Å². The molecule has 0 saturated carbocycles. The van der Waals surface area contributed by atoms with E-state index in [2.05, 4.69) is 0 Å². The number of hydrogen-bond donors (Lipinski definition) is 3. The molecule has 3 aromatic carbocycles. The molecule has 0 fully saturated rings. The second-order valence-corrected chi connectivity index (χ2v) is 9.51. The van der Waals surface area contributed by atoms with Crippen molar-refractivity contribution in [1.29, 1.82) is 0 Å². The molecule has 31 heavy (non-hydrogen) atoms. The number of anilines is 3. The summed E-state index contributed by atoms with van der Waals surface area (Å²) in [5, 5.41) is 0. The van der Waals surface area contributed by atoms with Crippen molar-refractivity contribution < 1.29 is 41.7 Å². The van der Waals surface area contributed by atoms with Gasteiger partial charge in [0.05, 0.1) is 0 Å². The maximum absolute atomic E-state index is 13.6. The number of nitrogen functional groups attached to an aromatic ring is 3. The van der Waals surface area contributed by atoms with Crippen LogP contribution in [0.5, 0.6) is 0 Å². The predicted molar refractivity (Wildman–Crippen MR) is 108 cm³/mol. The summed E-state index contributed by atoms with van der Waals surface area (Å²) in [6.07, 6.45) is 0. The Kier molecular flexibility index (Phi) is 6.29. The third-order valence-electron chi connectivity index (χ3n) is 4.30. The molecule has 0 spiro atoms. The molecule has 0 heterocycles. The van der Waals surface area contributed by atoms with Gasteiger partial charge in [0.15, 0.2) is 0 Å². The summed E-state index contributed by atoms with van der Waals surface area (Å²) >= 11 is -6.09. The Labute approximate surface area is 181 Å². The third kappa shape index (κ3) is 4.68. The summed E-state index contributed by atoms with van der Waals surface area (Å²) in [6, 6.07) is 17.3. The average molecular weight is 456 g/mol. The molecule has 157 valence electrons. The van der Waals surface area contributed by atoms with Crippen molar-refractivity contribution in [3.63, 3.8) is 0 Å². The Morgan fingerprint density at radius 2 is 0.903 bits per heavy atom. The zero-order valence-corrected chi connectivity index (χ0v) is 17.7. The van der Waals surface area contributed by atoms with Crippen LogP contribution in [0.25, 0.3) is 0 Å². The van der Waals surface area contributed by atoms with E-state index in [1.807, 2.05) is 0 Å². The molecule has 0 aromatic heterocycles. The first-order valence-corrected chi connectivity index (χ1v) is 11.7. The zero-order valence-electron chi connectivity index (χ0n) is 16.1. The van der Waals surface area contributed by atoms with E-state index in [1.165, 1.54) is 54.6 Å². The van der Waals surface area contributed by atoms with Gasteiger partial charge in [-0.15, -0.1) is 0 Å². The molecule has 0 aliphatic heterocycles. The van der Waals surface area contributed by atoms with E-state index in [9.17, 15) is 17.7 Å². The number of benzene rings is 3. The fraction of sp³-hybridized carbons (Fsp3) is 0. The van der Waals surface area contributed by atoms with Crippen LogP contribution in [0.15, 0.2) is 72.8 Å². The van der Waals surface area contributed by atoms with Gasteiger partial charge in [-0.1, -0.05) is 0 Å². The molecule has 3 aromatic rings. The minimum atomic E-state index is -6.09. The molecule has 0 amide bonds. The van der Waals surface area contributed by atoms with Crippen molar-refractivity contribution in [3.05, 3.63) is 89.5 Å². The summed E-state index contributed by atoms with van der Waals surface area (Å²) < 4.78 is 22.4. The molecule has 10 heteroatoms. The Hall–Kier alpha value is -3.82. The summed E-state index contributed by atoms with van der Waals surface area (Å²) in [6.45, 7) is 0. The van der Waals surface area contributed by atoms with Crippen LogP contribution >= 0.6 is 0 Å². The monoisotopic (exact) mass is 456 g/mol. The third-order valence-corrected chi connectivity index (χ3v) is 7.01. The molecule has 0 radical (unpaired) electrons. The fourth-order valence-electron chi connectivity index (χ4n) is 2.70. The summed E-state index contributed by atoms with van der Waals surface area (Å²) in [5.41, 5.74) is 16.9. The topological polar surface area (TPSA) is 165 Å². The van der Waals surface area contributed by atoms with Gasteiger partial charge < -0.3 is 0 Å². The molecule has 0 saturated heterocycles. The van der Waals surface area contributed by atoms with Crippen LogP contribution < -0.4 is 17.2 Å². The van der Waals surface area contributed by atoms with Crippen LogP contribution in [0.1, 0.15) is 31.1 Å². The van der Waals surface area contributed by atoms with E-state index in [0.717, 1.165) is 0 Å². The first-order valence-electron chi connectivity index (χ1n) is 8.98. The summed E-state index contributed by atoms with van der Waals surface area (Å²) in [4.78, 5) is 38.3. The number of hydrogen-bond acceptors (Lipinski definition) is 9. The molecule has 0 atom stereocenters. The van der Waals surface area contributed by atoms with Gasteiger partial charge in [0.1, 0.15) is 0 Å². The minimum absolute atomic E-state index is 0.0242. The number of carbonyl (C=O) groups is 3. The van der Waals surface area contributed by atoms with Gasteiger partial charge in [-0.2, -0.15) is 0 Å². The van der Waals surface area contributed by atoms with Crippen LogP contribution in [0, 0.1) is 0 Å². The van der Waals surface area contributed by atoms with Crippen molar-refractivity contribution >= 4 is 33.1 Å². The standard InChI is InChI=1S/2C7H7NO2.C7H6NO.O.Ti/c2*8-6-4-2-1-3-5(6)7(9)10;8-7-4-2-1-3-6(7)5-9;;/h2*1-4H,8H2,(H,9,10);1-4H,8H2;;/q;;;;+2/p-2. The van der Waals surface area contributed by atoms with E-state index in [4.69, 9.17) is 23.8 Å². The van der Waals surface area contributed by atoms with Crippen molar-refractivity contribution in [2.24, 2.45) is 0 Å². The van der Waals surface area contributed by atoms with Gasteiger partial charge in [-0.3, -0.25) is 0 Å². The van der Waals surface area contributed by atoms with Crippen LogP contribution in [0.2, 0.25) is 0 Å². The van der Waals surface area contributed by atoms with Crippen LogP contribution in [0.4, 0.5) is 17.1 Å². The molecular weight excluding hydrogens is 438 g/mol. The normalized spacial score (nSPS) is 10.8. The number of rotatable bonds is 6. The van der Waals surface area contributed by atoms with Crippen molar-refractivity contribution in [2.45, 2.75) is 0 Å². The van der Waals surface area contributed by atoms with E-state index in [1.54, 1.807) is 18.2 Å². The van der Waals surface area contributed by atoms with Gasteiger partial charge in [-0.25, -0.2) is 0 Å². The molecule has 9 nitrogen and oxygen atoms in total. The van der Waals surface area contributed by atoms with Gasteiger partial charge in [0, 0.05) is 0 Å². The maximum atomic E-state index is 13.6. The fourth-order valence-corrected chi connectivity index (χ4v) is 5.03. The molecule has 0 unspecified atom stereocenters. The number of carbonyl (C=O) groups excluding carboxylic acids is 3. The van der Waals surface area contributed by atoms with E-state index in [-0.39, 0.29) is 33.8 Å². The zero-order chi connectivity index (χ0) is 22.6. The summed E-state index contributed by atoms with van der Waals surface area (Å²) in [7, 11) is 0. The van der Waals surface area contributed by atoms with Crippen LogP contribution in [-0.2, 0) is 27.3 Å².